The van der Waals surface area contributed by atoms with Crippen LogP contribution >= 0.6 is 0 Å². The molecule has 0 fully saturated rings. The largest absolute Gasteiger partial charge is 0.497 e. The van der Waals surface area contributed by atoms with Crippen molar-refractivity contribution in [3.8, 4) is 5.75 Å². The van der Waals surface area contributed by atoms with Crippen LogP contribution in [0.25, 0.3) is 11.0 Å². The van der Waals surface area contributed by atoms with Crippen molar-refractivity contribution < 1.29 is 8.95 Å². The molecule has 0 radical (unpaired) electrons. The van der Waals surface area contributed by atoms with E-state index >= 15 is 0 Å². The van der Waals surface area contributed by atoms with Gasteiger partial charge in [-0.25, -0.2) is 4.98 Å². The van der Waals surface area contributed by atoms with Crippen molar-refractivity contribution in [3.63, 3.8) is 0 Å². The van der Waals surface area contributed by atoms with Crippen molar-refractivity contribution in [2.45, 2.75) is 18.7 Å². The summed E-state index contributed by atoms with van der Waals surface area (Å²) in [7, 11) is 0.731. The first-order valence-corrected chi connectivity index (χ1v) is 7.27. The molecule has 1 aromatic heterocycles. The second-order valence-electron chi connectivity index (χ2n) is 4.24. The third-order valence-electron chi connectivity index (χ3n) is 2.99. The highest BCUT2D eigenvalue weighted by Crippen LogP contribution is 2.23. The van der Waals surface area contributed by atoms with Crippen LogP contribution in [0.15, 0.2) is 18.2 Å². The van der Waals surface area contributed by atoms with Gasteiger partial charge in [-0.15, -0.1) is 0 Å². The lowest BCUT2D eigenvalue weighted by molar-refractivity contribution is 0.415. The molecule has 1 heterocycles. The highest BCUT2D eigenvalue weighted by Gasteiger charge is 2.14. The second-order valence-corrected chi connectivity index (χ2v) is 6.05. The van der Waals surface area contributed by atoms with Crippen molar-refractivity contribution in [1.82, 2.24) is 9.55 Å². The molecule has 2 rings (SSSR count). The Bertz CT molecular complexity index is 594. The van der Waals surface area contributed by atoms with Crippen LogP contribution in [0.3, 0.4) is 0 Å². The fourth-order valence-corrected chi connectivity index (χ4v) is 2.16. The smallest absolute Gasteiger partial charge is 0.201 e. The summed E-state index contributed by atoms with van der Waals surface area (Å²) >= 11 is 0. The van der Waals surface area contributed by atoms with E-state index in [2.05, 4.69) is 4.98 Å². The number of rotatable bonds is 4. The zero-order chi connectivity index (χ0) is 13.3. The summed E-state index contributed by atoms with van der Waals surface area (Å²) in [6, 6.07) is 5.61. The average molecular weight is 267 g/mol. The molecule has 2 N–H and O–H groups in total. The van der Waals surface area contributed by atoms with E-state index in [4.69, 9.17) is 10.5 Å². The standard InChI is InChI=1S/C12H17N3O2S/c1-8(18(3)16)7-15-11-6-9(17-2)4-5-10(11)14-12(15)13/h4-6,8H,7H2,1-3H3,(H2,13,14). The molecular formula is C12H17N3O2S. The fraction of sp³-hybridized carbons (Fsp3) is 0.417. The number of nitrogens with zero attached hydrogens (tertiary/aromatic N) is 2. The minimum atomic E-state index is -0.889. The van der Waals surface area contributed by atoms with E-state index in [9.17, 15) is 4.21 Å². The van der Waals surface area contributed by atoms with Gasteiger partial charge >= 0.3 is 0 Å². The molecule has 0 aliphatic rings. The predicted molar refractivity (Wildman–Crippen MR) is 74.2 cm³/mol. The van der Waals surface area contributed by atoms with Crippen LogP contribution in [0.2, 0.25) is 0 Å². The number of hydrogen-bond acceptors (Lipinski definition) is 4. The van der Waals surface area contributed by atoms with Gasteiger partial charge in [-0.3, -0.25) is 4.21 Å². The van der Waals surface area contributed by atoms with E-state index in [1.165, 1.54) is 0 Å². The number of nitrogen functional groups attached to an aromatic ring is 1. The Hall–Kier alpha value is -1.56. The molecule has 2 unspecified atom stereocenters. The second kappa shape index (κ2) is 4.97. The molecule has 2 aromatic rings. The van der Waals surface area contributed by atoms with Crippen molar-refractivity contribution in [1.29, 1.82) is 0 Å². The van der Waals surface area contributed by atoms with Crippen LogP contribution in [-0.4, -0.2) is 32.4 Å². The summed E-state index contributed by atoms with van der Waals surface area (Å²) in [4.78, 5) is 4.29. The van der Waals surface area contributed by atoms with Crippen LogP contribution in [0.4, 0.5) is 5.95 Å². The molecule has 0 saturated heterocycles. The van der Waals surface area contributed by atoms with Gasteiger partial charge in [0.1, 0.15) is 5.75 Å². The summed E-state index contributed by atoms with van der Waals surface area (Å²) < 4.78 is 18.5. The third kappa shape index (κ3) is 2.33. The Morgan fingerprint density at radius 1 is 1.56 bits per heavy atom. The van der Waals surface area contributed by atoms with E-state index in [1.54, 1.807) is 13.4 Å². The highest BCUT2D eigenvalue weighted by atomic mass is 32.2. The van der Waals surface area contributed by atoms with Crippen molar-refractivity contribution in [2.24, 2.45) is 0 Å². The SMILES string of the molecule is COc1ccc2nc(N)n(CC(C)S(C)=O)c2c1. The first-order chi connectivity index (χ1) is 8.52. The zero-order valence-corrected chi connectivity index (χ0v) is 11.5. The number of anilines is 1. The normalized spacial score (nSPS) is 14.6. The van der Waals surface area contributed by atoms with Gasteiger partial charge < -0.3 is 15.0 Å². The maximum atomic E-state index is 11.5. The molecule has 0 aliphatic heterocycles. The van der Waals surface area contributed by atoms with Gasteiger partial charge in [0, 0.05) is 34.9 Å². The number of ether oxygens (including phenoxy) is 1. The highest BCUT2D eigenvalue weighted by molar-refractivity contribution is 7.84. The van der Waals surface area contributed by atoms with Crippen LogP contribution in [-0.2, 0) is 17.3 Å². The Labute approximate surface area is 108 Å². The van der Waals surface area contributed by atoms with Crippen molar-refractivity contribution in [3.05, 3.63) is 18.2 Å². The zero-order valence-electron chi connectivity index (χ0n) is 10.7. The first kappa shape index (κ1) is 12.9. The maximum Gasteiger partial charge on any atom is 0.201 e. The molecule has 6 heteroatoms. The molecular weight excluding hydrogens is 250 g/mol. The molecule has 0 amide bonds. The van der Waals surface area contributed by atoms with Crippen molar-refractivity contribution >= 4 is 27.8 Å². The van der Waals surface area contributed by atoms with Crippen LogP contribution in [0.5, 0.6) is 5.75 Å². The van der Waals surface area contributed by atoms with E-state index < -0.39 is 10.8 Å². The quantitative estimate of drug-likeness (QED) is 0.909. The number of hydrogen-bond donors (Lipinski definition) is 1. The van der Waals surface area contributed by atoms with E-state index in [1.807, 2.05) is 29.7 Å². The summed E-state index contributed by atoms with van der Waals surface area (Å²) in [5, 5.41) is 0.0240. The van der Waals surface area contributed by atoms with Gasteiger partial charge in [-0.2, -0.15) is 0 Å². The molecule has 98 valence electrons. The van der Waals surface area contributed by atoms with Gasteiger partial charge in [0.05, 0.1) is 18.1 Å². The Kier molecular flexibility index (Phi) is 3.56. The molecule has 2 atom stereocenters. The van der Waals surface area contributed by atoms with Gasteiger partial charge in [-0.05, 0) is 19.1 Å². The Morgan fingerprint density at radius 2 is 2.28 bits per heavy atom. The van der Waals surface area contributed by atoms with Crippen molar-refractivity contribution in [2.75, 3.05) is 19.1 Å². The number of aromatic nitrogens is 2. The predicted octanol–water partition coefficient (Wildman–Crippen LogP) is 1.39. The molecule has 1 aromatic carbocycles. The van der Waals surface area contributed by atoms with E-state index in [0.717, 1.165) is 16.8 Å². The minimum absolute atomic E-state index is 0.0240. The average Bonchev–Trinajstić information content (AvgIpc) is 2.65. The number of nitrogens with two attached hydrogens (primary N) is 1. The van der Waals surface area contributed by atoms with Crippen LogP contribution < -0.4 is 10.5 Å². The fourth-order valence-electron chi connectivity index (χ4n) is 1.80. The molecule has 0 saturated carbocycles. The van der Waals surface area contributed by atoms with E-state index in [-0.39, 0.29) is 5.25 Å². The topological polar surface area (TPSA) is 70.1 Å². The lowest BCUT2D eigenvalue weighted by Gasteiger charge is -2.11. The summed E-state index contributed by atoms with van der Waals surface area (Å²) in [5.74, 6) is 1.20. The molecule has 0 bridgehead atoms. The summed E-state index contributed by atoms with van der Waals surface area (Å²) in [6.45, 7) is 2.51. The number of methoxy groups -OCH3 is 1. The van der Waals surface area contributed by atoms with Gasteiger partial charge in [-0.1, -0.05) is 0 Å². The number of imidazole rings is 1. The lowest BCUT2D eigenvalue weighted by atomic mass is 10.3. The molecule has 0 aliphatic carbocycles. The number of fused-ring (bicyclic) bond motifs is 1. The van der Waals surface area contributed by atoms with E-state index in [0.29, 0.717) is 12.5 Å². The minimum Gasteiger partial charge on any atom is -0.497 e. The Morgan fingerprint density at radius 3 is 2.89 bits per heavy atom. The first-order valence-electron chi connectivity index (χ1n) is 5.65. The Balaban J connectivity index is 2.48. The van der Waals surface area contributed by atoms with Gasteiger partial charge in [0.2, 0.25) is 5.95 Å². The monoisotopic (exact) mass is 267 g/mol. The molecule has 18 heavy (non-hydrogen) atoms. The third-order valence-corrected chi connectivity index (χ3v) is 4.27. The van der Waals surface area contributed by atoms with Crippen LogP contribution in [0.1, 0.15) is 6.92 Å². The summed E-state index contributed by atoms with van der Waals surface area (Å²) in [5.41, 5.74) is 7.63. The van der Waals surface area contributed by atoms with Gasteiger partial charge in [0.15, 0.2) is 0 Å². The number of benzene rings is 1. The lowest BCUT2D eigenvalue weighted by Crippen LogP contribution is -2.18. The summed E-state index contributed by atoms with van der Waals surface area (Å²) in [6.07, 6.45) is 1.69. The van der Waals surface area contributed by atoms with Gasteiger partial charge in [0.25, 0.3) is 0 Å². The maximum absolute atomic E-state index is 11.5. The molecule has 0 spiro atoms. The molecule has 5 nitrogen and oxygen atoms in total. The van der Waals surface area contributed by atoms with Crippen LogP contribution in [0, 0.1) is 0 Å².